The van der Waals surface area contributed by atoms with E-state index in [1.165, 1.54) is 0 Å². The molecule has 0 unspecified atom stereocenters. The molecule has 1 amide bonds. The maximum absolute atomic E-state index is 13.0. The van der Waals surface area contributed by atoms with Gasteiger partial charge in [-0.15, -0.1) is 0 Å². The third-order valence-electron chi connectivity index (χ3n) is 5.35. The van der Waals surface area contributed by atoms with Crippen molar-refractivity contribution < 1.29 is 63.9 Å². The van der Waals surface area contributed by atoms with Gasteiger partial charge in [-0.05, 0) is 74.2 Å². The van der Waals surface area contributed by atoms with Crippen molar-refractivity contribution in [3.8, 4) is 5.75 Å². The Hall–Kier alpha value is -2.01. The van der Waals surface area contributed by atoms with Crippen LogP contribution in [0.3, 0.4) is 0 Å². The minimum Gasteiger partial charge on any atom is -0.423 e. The number of hydrogen-bond donors (Lipinski definition) is 2. The Balaban J connectivity index is 0.00000544. The van der Waals surface area contributed by atoms with Crippen LogP contribution >= 0.6 is 0 Å². The van der Waals surface area contributed by atoms with Crippen molar-refractivity contribution in [1.29, 1.82) is 5.41 Å². The molecular formula is C26H35AcN3O4. The summed E-state index contributed by atoms with van der Waals surface area (Å²) in [7, 11) is 0. The van der Waals surface area contributed by atoms with Crippen molar-refractivity contribution in [2.24, 2.45) is 5.73 Å². The summed E-state index contributed by atoms with van der Waals surface area (Å²) in [5.41, 5.74) is 7.92. The van der Waals surface area contributed by atoms with E-state index in [9.17, 15) is 9.59 Å². The van der Waals surface area contributed by atoms with Crippen LogP contribution in [0.5, 0.6) is 5.75 Å². The number of ether oxygens (including phenoxy) is 1. The number of amidine groups is 1. The number of nitrogen functional groups attached to an aromatic ring is 1. The van der Waals surface area contributed by atoms with Gasteiger partial charge in [-0.1, -0.05) is 32.9 Å². The van der Waals surface area contributed by atoms with Crippen LogP contribution in [-0.2, 0) is 4.79 Å². The number of rotatable bonds is 10. The number of hydrogen-bond acceptors (Lipinski definition) is 4. The minimum atomic E-state index is -0.480. The molecule has 0 saturated carbocycles. The van der Waals surface area contributed by atoms with E-state index in [-0.39, 0.29) is 67.3 Å². The SMILES string of the molecule is CCCN(C(=O)/C(C)=C/c1ccc(C(=O)Oc2ccc(C(=N)N)cc2)cc1)C(CC)CC.O.[Ac]. The molecule has 0 aromatic heterocycles. The summed E-state index contributed by atoms with van der Waals surface area (Å²) in [6, 6.07) is 13.7. The van der Waals surface area contributed by atoms with E-state index in [2.05, 4.69) is 20.8 Å². The second-order valence-electron chi connectivity index (χ2n) is 7.75. The van der Waals surface area contributed by atoms with Crippen LogP contribution in [0, 0.1) is 49.5 Å². The van der Waals surface area contributed by atoms with Gasteiger partial charge < -0.3 is 20.8 Å². The first-order valence-electron chi connectivity index (χ1n) is 11.1. The molecule has 0 fully saturated rings. The van der Waals surface area contributed by atoms with Crippen LogP contribution in [0.1, 0.15) is 68.4 Å². The zero-order chi connectivity index (χ0) is 23.7. The van der Waals surface area contributed by atoms with Gasteiger partial charge in [0.05, 0.1) is 5.56 Å². The number of nitrogens with two attached hydrogens (primary N) is 1. The number of carbonyl (C=O) groups excluding carboxylic acids is 2. The predicted molar refractivity (Wildman–Crippen MR) is 132 cm³/mol. The molecule has 0 aliphatic rings. The Morgan fingerprint density at radius 1 is 1.00 bits per heavy atom. The van der Waals surface area contributed by atoms with Crippen molar-refractivity contribution in [2.75, 3.05) is 6.54 Å². The van der Waals surface area contributed by atoms with Crippen molar-refractivity contribution in [3.63, 3.8) is 0 Å². The van der Waals surface area contributed by atoms with Crippen LogP contribution in [0.2, 0.25) is 0 Å². The average Bonchev–Trinajstić information content (AvgIpc) is 2.79. The number of carbonyl (C=O) groups is 2. The molecule has 2 rings (SSSR count). The summed E-state index contributed by atoms with van der Waals surface area (Å²) in [4.78, 5) is 27.4. The molecule has 0 bridgehead atoms. The number of nitrogens with zero attached hydrogens (tertiary/aromatic N) is 1. The normalized spacial score (nSPS) is 10.7. The smallest absolute Gasteiger partial charge is 0.343 e. The molecule has 0 aliphatic carbocycles. The van der Waals surface area contributed by atoms with Crippen LogP contribution in [0.15, 0.2) is 54.1 Å². The monoisotopic (exact) mass is 680 g/mol. The van der Waals surface area contributed by atoms with Gasteiger partial charge in [-0.2, -0.15) is 0 Å². The van der Waals surface area contributed by atoms with Crippen LogP contribution < -0.4 is 10.5 Å². The van der Waals surface area contributed by atoms with Crippen molar-refractivity contribution >= 4 is 23.8 Å². The summed E-state index contributed by atoms with van der Waals surface area (Å²) in [5.74, 6) is -0.0920. The maximum atomic E-state index is 13.0. The fourth-order valence-electron chi connectivity index (χ4n) is 3.54. The van der Waals surface area contributed by atoms with E-state index in [1.54, 1.807) is 48.5 Å². The molecule has 0 heterocycles. The number of esters is 1. The van der Waals surface area contributed by atoms with Gasteiger partial charge in [0.15, 0.2) is 0 Å². The molecule has 0 atom stereocenters. The summed E-state index contributed by atoms with van der Waals surface area (Å²) in [6.07, 6.45) is 4.64. The van der Waals surface area contributed by atoms with Gasteiger partial charge in [-0.3, -0.25) is 10.2 Å². The average molecular weight is 681 g/mol. The summed E-state index contributed by atoms with van der Waals surface area (Å²) in [6.45, 7) is 8.88. The summed E-state index contributed by atoms with van der Waals surface area (Å²) < 4.78 is 5.38. The molecule has 0 spiro atoms. The molecule has 1 radical (unpaired) electrons. The first-order valence-corrected chi connectivity index (χ1v) is 11.1. The summed E-state index contributed by atoms with van der Waals surface area (Å²) >= 11 is 0. The number of amides is 1. The van der Waals surface area contributed by atoms with Crippen molar-refractivity contribution in [3.05, 3.63) is 70.8 Å². The molecule has 181 valence electrons. The van der Waals surface area contributed by atoms with E-state index in [4.69, 9.17) is 15.9 Å². The van der Waals surface area contributed by atoms with Gasteiger partial charge in [-0.25, -0.2) is 4.79 Å². The topological polar surface area (TPSA) is 128 Å². The molecular weight excluding hydrogens is 645 g/mol. The molecule has 2 aromatic carbocycles. The van der Waals surface area contributed by atoms with Crippen LogP contribution in [0.25, 0.3) is 6.08 Å². The Morgan fingerprint density at radius 2 is 1.53 bits per heavy atom. The maximum Gasteiger partial charge on any atom is 0.343 e. The van der Waals surface area contributed by atoms with E-state index >= 15 is 0 Å². The van der Waals surface area contributed by atoms with E-state index in [0.29, 0.717) is 22.4 Å². The van der Waals surface area contributed by atoms with Gasteiger partial charge in [0.1, 0.15) is 11.6 Å². The van der Waals surface area contributed by atoms with Crippen LogP contribution in [-0.4, -0.2) is 40.7 Å². The molecule has 8 heteroatoms. The molecule has 5 N–H and O–H groups in total. The summed E-state index contributed by atoms with van der Waals surface area (Å²) in [5, 5.41) is 7.40. The van der Waals surface area contributed by atoms with Gasteiger partial charge in [0, 0.05) is 67.8 Å². The molecule has 2 aromatic rings. The number of benzene rings is 2. The molecule has 0 saturated heterocycles. The second-order valence-corrected chi connectivity index (χ2v) is 7.75. The van der Waals surface area contributed by atoms with Gasteiger partial charge >= 0.3 is 5.97 Å². The third-order valence-corrected chi connectivity index (χ3v) is 5.35. The fourth-order valence-corrected chi connectivity index (χ4v) is 3.54. The standard InChI is InChI=1S/C26H33N3O3.Ac.H2O/c1-5-16-29(22(6-2)7-3)25(30)18(4)17-19-8-10-21(11-9-19)26(31)32-23-14-12-20(13-15-23)24(27)28;;/h8-15,17,22H,5-7,16H2,1-4H3,(H3,27,28);;1H2/b18-17+;;. The van der Waals surface area contributed by atoms with E-state index in [0.717, 1.165) is 31.4 Å². The molecule has 7 nitrogen and oxygen atoms in total. The number of nitrogens with one attached hydrogen (secondary N) is 1. The largest absolute Gasteiger partial charge is 0.423 e. The Bertz CT molecular complexity index is 969. The zero-order valence-corrected chi connectivity index (χ0v) is 25.2. The molecule has 0 aliphatic heterocycles. The molecule has 34 heavy (non-hydrogen) atoms. The Morgan fingerprint density at radius 3 is 2.00 bits per heavy atom. The van der Waals surface area contributed by atoms with Crippen molar-refractivity contribution in [1.82, 2.24) is 4.90 Å². The van der Waals surface area contributed by atoms with Gasteiger partial charge in [0.2, 0.25) is 5.91 Å². The first-order chi connectivity index (χ1) is 15.3. The third kappa shape index (κ3) is 8.98. The fraction of sp³-hybridized carbons (Fsp3) is 0.346. The van der Waals surface area contributed by atoms with E-state index in [1.807, 2.05) is 17.9 Å². The first kappa shape index (κ1) is 32.0. The minimum absolute atomic E-state index is 0. The predicted octanol–water partition coefficient (Wildman–Crippen LogP) is 4.20. The van der Waals surface area contributed by atoms with Gasteiger partial charge in [0.25, 0.3) is 0 Å². The Labute approximate surface area is 238 Å². The van der Waals surface area contributed by atoms with Crippen LogP contribution in [0.4, 0.5) is 0 Å². The van der Waals surface area contributed by atoms with Crippen molar-refractivity contribution in [2.45, 2.75) is 53.0 Å². The van der Waals surface area contributed by atoms with E-state index < -0.39 is 5.97 Å². The quantitative estimate of drug-likeness (QED) is 0.128. The Kier molecular flexibility index (Phi) is 14.9. The second kappa shape index (κ2) is 15.8. The zero-order valence-electron chi connectivity index (χ0n) is 20.4.